The molecule has 0 unspecified atom stereocenters. The van der Waals surface area contributed by atoms with E-state index in [1.807, 2.05) is 30.3 Å². The van der Waals surface area contributed by atoms with Crippen LogP contribution >= 0.6 is 0 Å². The highest BCUT2D eigenvalue weighted by atomic mass is 16.2. The number of hydrogen-bond donors (Lipinski definition) is 4. The predicted octanol–water partition coefficient (Wildman–Crippen LogP) is 3.41. The minimum absolute atomic E-state index is 0.00980. The van der Waals surface area contributed by atoms with Crippen molar-refractivity contribution in [3.8, 4) is 0 Å². The highest BCUT2D eigenvalue weighted by molar-refractivity contribution is 6.03. The number of para-hydroxylation sites is 1. The van der Waals surface area contributed by atoms with Crippen molar-refractivity contribution in [2.75, 3.05) is 22.5 Å². The Kier molecular flexibility index (Phi) is 7.37. The molecule has 0 spiro atoms. The van der Waals surface area contributed by atoms with Crippen LogP contribution in [0, 0.1) is 0 Å². The lowest BCUT2D eigenvalue weighted by Gasteiger charge is -2.11. The molecule has 0 aliphatic rings. The zero-order valence-electron chi connectivity index (χ0n) is 16.9. The van der Waals surface area contributed by atoms with Gasteiger partial charge in [0, 0.05) is 17.8 Å². The van der Waals surface area contributed by atoms with Gasteiger partial charge in [-0.1, -0.05) is 42.5 Å². The summed E-state index contributed by atoms with van der Waals surface area (Å²) in [5.74, 6) is -0.977. The molecule has 3 aromatic rings. The number of hydrogen-bond acceptors (Lipinski definition) is 4. The smallest absolute Gasteiger partial charge is 0.250 e. The van der Waals surface area contributed by atoms with E-state index in [1.54, 1.807) is 48.5 Å². The Morgan fingerprint density at radius 3 is 2.06 bits per heavy atom. The van der Waals surface area contributed by atoms with Gasteiger partial charge in [-0.3, -0.25) is 14.4 Å². The minimum Gasteiger partial charge on any atom is -0.376 e. The summed E-state index contributed by atoms with van der Waals surface area (Å²) in [4.78, 5) is 35.7. The van der Waals surface area contributed by atoms with Crippen molar-refractivity contribution in [3.63, 3.8) is 0 Å². The maximum Gasteiger partial charge on any atom is 0.250 e. The van der Waals surface area contributed by atoms with Crippen LogP contribution in [-0.2, 0) is 16.0 Å². The quantitative estimate of drug-likeness (QED) is 0.428. The fourth-order valence-corrected chi connectivity index (χ4v) is 2.98. The predicted molar refractivity (Wildman–Crippen MR) is 122 cm³/mol. The van der Waals surface area contributed by atoms with E-state index < -0.39 is 5.91 Å². The molecule has 31 heavy (non-hydrogen) atoms. The summed E-state index contributed by atoms with van der Waals surface area (Å²) >= 11 is 0. The van der Waals surface area contributed by atoms with Crippen molar-refractivity contribution in [1.29, 1.82) is 0 Å². The zero-order valence-corrected chi connectivity index (χ0v) is 16.9. The van der Waals surface area contributed by atoms with Gasteiger partial charge in [-0.25, -0.2) is 0 Å². The van der Waals surface area contributed by atoms with E-state index in [4.69, 9.17) is 5.73 Å². The van der Waals surface area contributed by atoms with Gasteiger partial charge in [0.1, 0.15) is 0 Å². The molecule has 7 heteroatoms. The summed E-state index contributed by atoms with van der Waals surface area (Å²) in [6.07, 6.45) is 1.08. The Bertz CT molecular complexity index is 1050. The van der Waals surface area contributed by atoms with Crippen LogP contribution in [0.2, 0.25) is 0 Å². The van der Waals surface area contributed by atoms with Gasteiger partial charge in [-0.2, -0.15) is 0 Å². The molecule has 5 N–H and O–H groups in total. The Morgan fingerprint density at radius 2 is 1.35 bits per heavy atom. The summed E-state index contributed by atoms with van der Waals surface area (Å²) in [6, 6.07) is 23.5. The van der Waals surface area contributed by atoms with Crippen molar-refractivity contribution in [2.45, 2.75) is 12.8 Å². The fraction of sp³-hybridized carbons (Fsp3) is 0.125. The van der Waals surface area contributed by atoms with E-state index >= 15 is 0 Å². The van der Waals surface area contributed by atoms with E-state index in [0.717, 1.165) is 11.3 Å². The second-order valence-corrected chi connectivity index (χ2v) is 6.92. The molecule has 3 aromatic carbocycles. The molecule has 3 rings (SSSR count). The van der Waals surface area contributed by atoms with E-state index in [-0.39, 0.29) is 23.9 Å². The summed E-state index contributed by atoms with van der Waals surface area (Å²) in [7, 11) is 0. The molecule has 0 saturated carbocycles. The molecule has 0 aromatic heterocycles. The monoisotopic (exact) mass is 416 g/mol. The number of aryl methyl sites for hydroxylation is 1. The van der Waals surface area contributed by atoms with E-state index in [9.17, 15) is 14.4 Å². The Balaban J connectivity index is 1.45. The number of benzene rings is 3. The van der Waals surface area contributed by atoms with Gasteiger partial charge in [0.05, 0.1) is 17.8 Å². The molecule has 3 amide bonds. The maximum absolute atomic E-state index is 12.2. The van der Waals surface area contributed by atoms with Crippen molar-refractivity contribution in [3.05, 3.63) is 90.0 Å². The lowest BCUT2D eigenvalue weighted by molar-refractivity contribution is -0.116. The minimum atomic E-state index is -0.606. The van der Waals surface area contributed by atoms with Crippen LogP contribution in [0.15, 0.2) is 78.9 Å². The number of anilines is 3. The van der Waals surface area contributed by atoms with Crippen molar-refractivity contribution >= 4 is 34.8 Å². The zero-order chi connectivity index (χ0) is 22.1. The summed E-state index contributed by atoms with van der Waals surface area (Å²) < 4.78 is 0. The van der Waals surface area contributed by atoms with Crippen LogP contribution in [0.3, 0.4) is 0 Å². The second kappa shape index (κ2) is 10.6. The number of carbonyl (C=O) groups excluding carboxylic acids is 3. The number of rotatable bonds is 9. The van der Waals surface area contributed by atoms with Gasteiger partial charge in [-0.15, -0.1) is 0 Å². The average Bonchev–Trinajstić information content (AvgIpc) is 2.78. The first kappa shape index (κ1) is 21.6. The van der Waals surface area contributed by atoms with Gasteiger partial charge >= 0.3 is 0 Å². The number of nitrogens with one attached hydrogen (secondary N) is 3. The molecule has 7 nitrogen and oxygen atoms in total. The van der Waals surface area contributed by atoms with E-state index in [2.05, 4.69) is 16.0 Å². The average molecular weight is 416 g/mol. The van der Waals surface area contributed by atoms with Gasteiger partial charge in [0.15, 0.2) is 0 Å². The third-order valence-electron chi connectivity index (χ3n) is 4.57. The third kappa shape index (κ3) is 6.71. The van der Waals surface area contributed by atoms with Crippen LogP contribution in [0.4, 0.5) is 17.1 Å². The summed E-state index contributed by atoms with van der Waals surface area (Å²) in [5, 5.41) is 8.53. The summed E-state index contributed by atoms with van der Waals surface area (Å²) in [6.45, 7) is 0.00980. The molecule has 0 fully saturated rings. The molecule has 0 aliphatic carbocycles. The van der Waals surface area contributed by atoms with Crippen molar-refractivity contribution < 1.29 is 14.4 Å². The SMILES string of the molecule is NC(=O)c1ccccc1NC(=O)CNc1ccc(NC(=O)CCc2ccccc2)cc1. The number of primary amides is 1. The molecular formula is C24H24N4O3. The van der Waals surface area contributed by atoms with Crippen LogP contribution in [-0.4, -0.2) is 24.3 Å². The first-order chi connectivity index (χ1) is 15.0. The first-order valence-electron chi connectivity index (χ1n) is 9.87. The normalized spacial score (nSPS) is 10.2. The van der Waals surface area contributed by atoms with Gasteiger partial charge in [0.25, 0.3) is 5.91 Å². The molecule has 0 aliphatic heterocycles. The highest BCUT2D eigenvalue weighted by Gasteiger charge is 2.10. The maximum atomic E-state index is 12.2. The summed E-state index contributed by atoms with van der Waals surface area (Å²) in [5.41, 5.74) is 8.47. The fourth-order valence-electron chi connectivity index (χ4n) is 2.98. The van der Waals surface area contributed by atoms with Crippen molar-refractivity contribution in [2.24, 2.45) is 5.73 Å². The number of amides is 3. The molecular weight excluding hydrogens is 392 g/mol. The van der Waals surface area contributed by atoms with E-state index in [0.29, 0.717) is 24.2 Å². The molecule has 0 saturated heterocycles. The lowest BCUT2D eigenvalue weighted by Crippen LogP contribution is -2.24. The van der Waals surface area contributed by atoms with Crippen LogP contribution in [0.25, 0.3) is 0 Å². The Labute approximate surface area is 180 Å². The van der Waals surface area contributed by atoms with Gasteiger partial charge < -0.3 is 21.7 Å². The molecule has 0 radical (unpaired) electrons. The molecule has 0 atom stereocenters. The van der Waals surface area contributed by atoms with Gasteiger partial charge in [0.2, 0.25) is 11.8 Å². The molecule has 0 heterocycles. The Morgan fingerprint density at radius 1 is 0.710 bits per heavy atom. The van der Waals surface area contributed by atoms with E-state index in [1.165, 1.54) is 0 Å². The largest absolute Gasteiger partial charge is 0.376 e. The number of carbonyl (C=O) groups is 3. The molecule has 158 valence electrons. The van der Waals surface area contributed by atoms with Crippen LogP contribution in [0.5, 0.6) is 0 Å². The second-order valence-electron chi connectivity index (χ2n) is 6.92. The van der Waals surface area contributed by atoms with Crippen LogP contribution in [0.1, 0.15) is 22.3 Å². The third-order valence-corrected chi connectivity index (χ3v) is 4.57. The lowest BCUT2D eigenvalue weighted by atomic mass is 10.1. The molecule has 0 bridgehead atoms. The number of nitrogens with two attached hydrogens (primary N) is 1. The Hall–Kier alpha value is -4.13. The van der Waals surface area contributed by atoms with Gasteiger partial charge in [-0.05, 0) is 48.4 Å². The highest BCUT2D eigenvalue weighted by Crippen LogP contribution is 2.16. The van der Waals surface area contributed by atoms with Crippen LogP contribution < -0.4 is 21.7 Å². The standard InChI is InChI=1S/C24H24N4O3/c25-24(31)20-8-4-5-9-21(20)28-23(30)16-26-18-11-13-19(14-12-18)27-22(29)15-10-17-6-2-1-3-7-17/h1-9,11-14,26H,10,15-16H2,(H2,25,31)(H,27,29)(H,28,30). The van der Waals surface area contributed by atoms with Crippen molar-refractivity contribution in [1.82, 2.24) is 0 Å². The first-order valence-corrected chi connectivity index (χ1v) is 9.87. The topological polar surface area (TPSA) is 113 Å².